The van der Waals surface area contributed by atoms with E-state index >= 15 is 0 Å². The van der Waals surface area contributed by atoms with Gasteiger partial charge in [0.1, 0.15) is 5.82 Å². The molecule has 4 rings (SSSR count). The van der Waals surface area contributed by atoms with Crippen LogP contribution in [-0.4, -0.2) is 35.5 Å². The molecule has 1 aliphatic carbocycles. The zero-order valence-corrected chi connectivity index (χ0v) is 16.4. The molecular weight excluding hydrogens is 345 g/mol. The Balaban J connectivity index is 1.42. The lowest BCUT2D eigenvalue weighted by Crippen LogP contribution is -2.56. The highest BCUT2D eigenvalue weighted by Crippen LogP contribution is 2.66. The van der Waals surface area contributed by atoms with Crippen LogP contribution in [0.1, 0.15) is 52.0 Å². The summed E-state index contributed by atoms with van der Waals surface area (Å²) in [6.07, 6.45) is 4.09. The number of carbonyl (C=O) groups excluding carboxylic acids is 2. The van der Waals surface area contributed by atoms with E-state index in [0.29, 0.717) is 31.8 Å². The van der Waals surface area contributed by atoms with E-state index in [1.807, 2.05) is 37.8 Å². The second kappa shape index (κ2) is 6.05. The molecule has 0 spiro atoms. The number of rotatable bonds is 3. The Kier molecular flexibility index (Phi) is 4.13. The molecule has 2 bridgehead atoms. The smallest absolute Gasteiger partial charge is 0.313 e. The SMILES string of the molecule is CC1(C)[C@@]2(C)CC[C@@]1(C(=O)N1CCC(Cc3ccc(F)cc3)CC1)OC2=O. The van der Waals surface area contributed by atoms with Crippen LogP contribution in [0.4, 0.5) is 4.39 Å². The summed E-state index contributed by atoms with van der Waals surface area (Å²) in [6, 6.07) is 6.68. The molecule has 3 aliphatic rings. The first kappa shape index (κ1) is 18.5. The summed E-state index contributed by atoms with van der Waals surface area (Å²) in [5.41, 5.74) is -0.914. The third-order valence-electron chi connectivity index (χ3n) is 7.77. The van der Waals surface area contributed by atoms with Gasteiger partial charge in [0.2, 0.25) is 0 Å². The maximum absolute atomic E-state index is 13.4. The van der Waals surface area contributed by atoms with Crippen LogP contribution < -0.4 is 0 Å². The zero-order chi connectivity index (χ0) is 19.4. The molecule has 1 saturated carbocycles. The van der Waals surface area contributed by atoms with Crippen LogP contribution >= 0.6 is 0 Å². The quantitative estimate of drug-likeness (QED) is 0.759. The van der Waals surface area contributed by atoms with E-state index in [4.69, 9.17) is 4.74 Å². The fourth-order valence-electron chi connectivity index (χ4n) is 5.27. The third-order valence-corrected chi connectivity index (χ3v) is 7.77. The Labute approximate surface area is 160 Å². The number of hydrogen-bond acceptors (Lipinski definition) is 3. The second-order valence-corrected chi connectivity index (χ2v) is 9.24. The van der Waals surface area contributed by atoms with Gasteiger partial charge in [-0.25, -0.2) is 4.39 Å². The molecule has 0 N–H and O–H groups in total. The van der Waals surface area contributed by atoms with Crippen molar-refractivity contribution >= 4 is 11.9 Å². The van der Waals surface area contributed by atoms with Crippen LogP contribution in [0.3, 0.4) is 0 Å². The van der Waals surface area contributed by atoms with Crippen molar-refractivity contribution in [2.45, 2.75) is 58.5 Å². The average Bonchev–Trinajstić information content (AvgIpc) is 2.94. The van der Waals surface area contributed by atoms with Gasteiger partial charge in [0.05, 0.1) is 5.41 Å². The third kappa shape index (κ3) is 2.54. The molecule has 0 radical (unpaired) electrons. The highest BCUT2D eigenvalue weighted by atomic mass is 19.1. The summed E-state index contributed by atoms with van der Waals surface area (Å²) in [5.74, 6) is 0.0429. The predicted molar refractivity (Wildman–Crippen MR) is 99.4 cm³/mol. The Morgan fingerprint density at radius 2 is 1.78 bits per heavy atom. The highest BCUT2D eigenvalue weighted by Gasteiger charge is 2.76. The average molecular weight is 373 g/mol. The first-order valence-corrected chi connectivity index (χ1v) is 9.97. The van der Waals surface area contributed by atoms with Crippen molar-refractivity contribution in [3.63, 3.8) is 0 Å². The largest absolute Gasteiger partial charge is 0.448 e. The van der Waals surface area contributed by atoms with E-state index < -0.39 is 16.4 Å². The van der Waals surface area contributed by atoms with Crippen LogP contribution in [0.15, 0.2) is 24.3 Å². The Bertz CT molecular complexity index is 766. The number of halogens is 1. The molecule has 0 unspecified atom stereocenters. The van der Waals surface area contributed by atoms with Crippen molar-refractivity contribution in [1.29, 1.82) is 0 Å². The minimum Gasteiger partial charge on any atom is -0.448 e. The van der Waals surface area contributed by atoms with Gasteiger partial charge in [-0.3, -0.25) is 9.59 Å². The predicted octanol–water partition coefficient (Wildman–Crippen LogP) is 3.73. The molecule has 4 nitrogen and oxygen atoms in total. The van der Waals surface area contributed by atoms with Crippen molar-refractivity contribution in [2.75, 3.05) is 13.1 Å². The molecule has 3 fully saturated rings. The fourth-order valence-corrected chi connectivity index (χ4v) is 5.27. The van der Waals surface area contributed by atoms with Gasteiger partial charge in [-0.2, -0.15) is 0 Å². The molecule has 2 aliphatic heterocycles. The van der Waals surface area contributed by atoms with Gasteiger partial charge in [-0.05, 0) is 62.6 Å². The standard InChI is InChI=1S/C22H28FNO3/c1-20(2)21(3)10-11-22(20,27-19(21)26)18(25)24-12-8-16(9-13-24)14-15-4-6-17(23)7-5-15/h4-7,16H,8-14H2,1-3H3/t21-,22-/m0/s1. The first-order valence-electron chi connectivity index (χ1n) is 9.97. The van der Waals surface area contributed by atoms with Gasteiger partial charge in [-0.1, -0.05) is 26.0 Å². The van der Waals surface area contributed by atoms with E-state index in [0.717, 1.165) is 24.8 Å². The maximum atomic E-state index is 13.4. The molecule has 2 atom stereocenters. The van der Waals surface area contributed by atoms with E-state index in [9.17, 15) is 14.0 Å². The number of fused-ring (bicyclic) bond motifs is 2. The zero-order valence-electron chi connectivity index (χ0n) is 16.4. The number of piperidine rings is 1. The number of esters is 1. The fraction of sp³-hybridized carbons (Fsp3) is 0.636. The molecular formula is C22H28FNO3. The number of likely N-dealkylation sites (tertiary alicyclic amines) is 1. The normalized spacial score (nSPS) is 32.6. The summed E-state index contributed by atoms with van der Waals surface area (Å²) >= 11 is 0. The summed E-state index contributed by atoms with van der Waals surface area (Å²) in [7, 11) is 0. The van der Waals surface area contributed by atoms with Crippen molar-refractivity contribution in [3.05, 3.63) is 35.6 Å². The number of amides is 1. The molecule has 146 valence electrons. The molecule has 5 heteroatoms. The number of benzene rings is 1. The van der Waals surface area contributed by atoms with Crippen LogP contribution in [0, 0.1) is 22.6 Å². The van der Waals surface area contributed by atoms with Crippen LogP contribution in [0.2, 0.25) is 0 Å². The summed E-state index contributed by atoms with van der Waals surface area (Å²) < 4.78 is 18.8. The second-order valence-electron chi connectivity index (χ2n) is 9.24. The first-order chi connectivity index (χ1) is 12.7. The minimum atomic E-state index is -0.997. The van der Waals surface area contributed by atoms with E-state index in [-0.39, 0.29) is 17.7 Å². The summed E-state index contributed by atoms with van der Waals surface area (Å²) in [4.78, 5) is 27.7. The van der Waals surface area contributed by atoms with E-state index in [1.54, 1.807) is 0 Å². The Morgan fingerprint density at radius 3 is 2.30 bits per heavy atom. The van der Waals surface area contributed by atoms with Crippen molar-refractivity contribution in [1.82, 2.24) is 4.90 Å². The summed E-state index contributed by atoms with van der Waals surface area (Å²) in [5, 5.41) is 0. The van der Waals surface area contributed by atoms with Crippen molar-refractivity contribution in [3.8, 4) is 0 Å². The lowest BCUT2D eigenvalue weighted by atomic mass is 9.66. The van der Waals surface area contributed by atoms with Gasteiger partial charge in [0.25, 0.3) is 5.91 Å². The van der Waals surface area contributed by atoms with Gasteiger partial charge >= 0.3 is 5.97 Å². The highest BCUT2D eigenvalue weighted by molar-refractivity contribution is 5.96. The number of hydrogen-bond donors (Lipinski definition) is 0. The van der Waals surface area contributed by atoms with E-state index in [2.05, 4.69) is 0 Å². The van der Waals surface area contributed by atoms with Crippen molar-refractivity contribution < 1.29 is 18.7 Å². The van der Waals surface area contributed by atoms with Crippen LogP contribution in [0.5, 0.6) is 0 Å². The lowest BCUT2D eigenvalue weighted by molar-refractivity contribution is -0.174. The van der Waals surface area contributed by atoms with E-state index in [1.165, 1.54) is 12.1 Å². The monoisotopic (exact) mass is 373 g/mol. The summed E-state index contributed by atoms with van der Waals surface area (Å²) in [6.45, 7) is 7.33. The van der Waals surface area contributed by atoms with Gasteiger partial charge < -0.3 is 9.64 Å². The molecule has 2 heterocycles. The van der Waals surface area contributed by atoms with Crippen LogP contribution in [-0.2, 0) is 20.7 Å². The molecule has 1 aromatic carbocycles. The topological polar surface area (TPSA) is 46.6 Å². The number of carbonyl (C=O) groups is 2. The molecule has 27 heavy (non-hydrogen) atoms. The molecule has 1 aromatic rings. The molecule has 1 amide bonds. The number of ether oxygens (including phenoxy) is 1. The van der Waals surface area contributed by atoms with Gasteiger partial charge in [-0.15, -0.1) is 0 Å². The lowest BCUT2D eigenvalue weighted by Gasteiger charge is -2.41. The minimum absolute atomic E-state index is 0.0118. The Hall–Kier alpha value is -1.91. The van der Waals surface area contributed by atoms with Crippen molar-refractivity contribution in [2.24, 2.45) is 16.7 Å². The molecule has 2 saturated heterocycles. The van der Waals surface area contributed by atoms with Gasteiger partial charge in [0, 0.05) is 18.5 Å². The Morgan fingerprint density at radius 1 is 1.15 bits per heavy atom. The molecule has 0 aromatic heterocycles. The van der Waals surface area contributed by atoms with Gasteiger partial charge in [0.15, 0.2) is 5.60 Å². The van der Waals surface area contributed by atoms with Crippen LogP contribution in [0.25, 0.3) is 0 Å². The number of nitrogens with zero attached hydrogens (tertiary/aromatic N) is 1. The maximum Gasteiger partial charge on any atom is 0.313 e.